The van der Waals surface area contributed by atoms with Crippen LogP contribution in [0.5, 0.6) is 0 Å². The number of nitrogens with one attached hydrogen (secondary N) is 1. The van der Waals surface area contributed by atoms with E-state index in [1.54, 1.807) is 12.3 Å². The van der Waals surface area contributed by atoms with E-state index >= 15 is 0 Å². The van der Waals surface area contributed by atoms with Crippen molar-refractivity contribution in [2.75, 3.05) is 5.32 Å². The van der Waals surface area contributed by atoms with E-state index in [-0.39, 0.29) is 5.56 Å². The van der Waals surface area contributed by atoms with Gasteiger partial charge in [0.15, 0.2) is 5.13 Å². The lowest BCUT2D eigenvalue weighted by molar-refractivity contribution is -0.137. The topological polar surface area (TPSA) is 42.0 Å². The number of rotatable bonds is 5. The van der Waals surface area contributed by atoms with Crippen LogP contribution in [0.15, 0.2) is 60.8 Å². The number of anilines is 1. The Morgan fingerprint density at radius 1 is 1.18 bits per heavy atom. The zero-order valence-electron chi connectivity index (χ0n) is 14.3. The van der Waals surface area contributed by atoms with Crippen LogP contribution < -0.4 is 5.32 Å². The lowest BCUT2D eigenvalue weighted by atomic mass is 10.1. The van der Waals surface area contributed by atoms with E-state index in [4.69, 9.17) is 11.6 Å². The third-order valence-electron chi connectivity index (χ3n) is 3.69. The normalized spacial score (nSPS) is 11.7. The minimum Gasteiger partial charge on any atom is -0.298 e. The van der Waals surface area contributed by atoms with Crippen molar-refractivity contribution < 1.29 is 18.0 Å². The summed E-state index contributed by atoms with van der Waals surface area (Å²) in [4.78, 5) is 17.1. The van der Waals surface area contributed by atoms with Crippen molar-refractivity contribution >= 4 is 40.1 Å². The number of carbonyl (C=O) groups is 1. The molecule has 0 atom stereocenters. The van der Waals surface area contributed by atoms with Gasteiger partial charge in [-0.3, -0.25) is 10.1 Å². The van der Waals surface area contributed by atoms with E-state index in [0.717, 1.165) is 22.6 Å². The Kier molecular flexibility index (Phi) is 6.16. The van der Waals surface area contributed by atoms with Gasteiger partial charge in [-0.2, -0.15) is 13.2 Å². The molecule has 1 heterocycles. The summed E-state index contributed by atoms with van der Waals surface area (Å²) in [6.07, 6.45) is 0.372. The summed E-state index contributed by atoms with van der Waals surface area (Å²) in [6.45, 7) is 0. The SMILES string of the molecule is O=C(/C=C/c1cccc(C(F)(F)F)c1)Nc1ncc(Cc2cccc(Cl)c2)s1. The number of aromatic nitrogens is 1. The Bertz CT molecular complexity index is 1010. The van der Waals surface area contributed by atoms with Crippen molar-refractivity contribution in [3.05, 3.63) is 87.4 Å². The maximum absolute atomic E-state index is 12.7. The Morgan fingerprint density at radius 2 is 1.96 bits per heavy atom. The molecule has 0 radical (unpaired) electrons. The van der Waals surface area contributed by atoms with Crippen molar-refractivity contribution in [3.63, 3.8) is 0 Å². The van der Waals surface area contributed by atoms with Crippen molar-refractivity contribution in [1.82, 2.24) is 4.98 Å². The number of halogens is 4. The summed E-state index contributed by atoms with van der Waals surface area (Å²) in [5.74, 6) is -0.471. The molecule has 28 heavy (non-hydrogen) atoms. The number of hydrogen-bond acceptors (Lipinski definition) is 3. The molecule has 3 aromatic rings. The first kappa shape index (κ1) is 20.1. The lowest BCUT2D eigenvalue weighted by Crippen LogP contribution is -2.07. The summed E-state index contributed by atoms with van der Waals surface area (Å²) in [5, 5.41) is 3.67. The number of alkyl halides is 3. The average molecular weight is 423 g/mol. The summed E-state index contributed by atoms with van der Waals surface area (Å²) >= 11 is 7.29. The summed E-state index contributed by atoms with van der Waals surface area (Å²) in [5.41, 5.74) is 0.546. The van der Waals surface area contributed by atoms with Crippen LogP contribution in [0.25, 0.3) is 6.08 Å². The van der Waals surface area contributed by atoms with Crippen molar-refractivity contribution in [2.24, 2.45) is 0 Å². The Balaban J connectivity index is 1.61. The van der Waals surface area contributed by atoms with Crippen LogP contribution in [-0.2, 0) is 17.4 Å². The molecule has 0 spiro atoms. The number of nitrogens with zero attached hydrogens (tertiary/aromatic N) is 1. The molecule has 2 aromatic carbocycles. The maximum Gasteiger partial charge on any atom is 0.416 e. The summed E-state index contributed by atoms with van der Waals surface area (Å²) in [6, 6.07) is 12.2. The van der Waals surface area contributed by atoms with Crippen LogP contribution in [0, 0.1) is 0 Å². The molecule has 0 aliphatic carbocycles. The van der Waals surface area contributed by atoms with Crippen molar-refractivity contribution in [2.45, 2.75) is 12.6 Å². The van der Waals surface area contributed by atoms with Crippen molar-refractivity contribution in [3.8, 4) is 0 Å². The fourth-order valence-electron chi connectivity index (χ4n) is 2.43. The van der Waals surface area contributed by atoms with Crippen LogP contribution in [0.1, 0.15) is 21.6 Å². The van der Waals surface area contributed by atoms with Crippen LogP contribution in [0.4, 0.5) is 18.3 Å². The molecule has 1 aromatic heterocycles. The zero-order chi connectivity index (χ0) is 20.1. The van der Waals surface area contributed by atoms with Gasteiger partial charge in [0.2, 0.25) is 5.91 Å². The van der Waals surface area contributed by atoms with Gasteiger partial charge in [0, 0.05) is 28.6 Å². The Hall–Kier alpha value is -2.64. The van der Waals surface area contributed by atoms with E-state index in [0.29, 0.717) is 16.6 Å². The second-order valence-corrected chi connectivity index (χ2v) is 7.44. The van der Waals surface area contributed by atoms with E-state index in [2.05, 4.69) is 10.3 Å². The van der Waals surface area contributed by atoms with Gasteiger partial charge in [0.25, 0.3) is 0 Å². The minimum absolute atomic E-state index is 0.283. The molecular weight excluding hydrogens is 409 g/mol. The Morgan fingerprint density at radius 3 is 2.71 bits per heavy atom. The van der Waals surface area contributed by atoms with Gasteiger partial charge in [-0.1, -0.05) is 35.9 Å². The first-order valence-corrected chi connectivity index (χ1v) is 9.34. The number of hydrogen-bond donors (Lipinski definition) is 1. The fraction of sp³-hybridized carbons (Fsp3) is 0.100. The number of benzene rings is 2. The molecule has 144 valence electrons. The first-order valence-electron chi connectivity index (χ1n) is 8.15. The monoisotopic (exact) mass is 422 g/mol. The highest BCUT2D eigenvalue weighted by Gasteiger charge is 2.30. The smallest absolute Gasteiger partial charge is 0.298 e. The van der Waals surface area contributed by atoms with Gasteiger partial charge in [-0.25, -0.2) is 4.98 Å². The van der Waals surface area contributed by atoms with E-state index in [9.17, 15) is 18.0 Å². The molecule has 1 N–H and O–H groups in total. The average Bonchev–Trinajstić information content (AvgIpc) is 3.06. The van der Waals surface area contributed by atoms with Gasteiger partial charge < -0.3 is 0 Å². The molecule has 0 aliphatic heterocycles. The molecule has 1 amide bonds. The fourth-order valence-corrected chi connectivity index (χ4v) is 3.50. The molecule has 0 unspecified atom stereocenters. The molecule has 0 fully saturated rings. The maximum atomic E-state index is 12.7. The molecule has 8 heteroatoms. The molecular formula is C20H14ClF3N2OS. The van der Waals surface area contributed by atoms with Crippen molar-refractivity contribution in [1.29, 1.82) is 0 Å². The first-order chi connectivity index (χ1) is 13.3. The lowest BCUT2D eigenvalue weighted by Gasteiger charge is -2.06. The van der Waals surface area contributed by atoms with E-state index in [1.165, 1.54) is 35.6 Å². The van der Waals surface area contributed by atoms with Gasteiger partial charge in [0.05, 0.1) is 5.56 Å². The minimum atomic E-state index is -4.42. The van der Waals surface area contributed by atoms with Gasteiger partial charge in [-0.05, 0) is 41.5 Å². The standard InChI is InChI=1S/C20H14ClF3N2OS/c21-16-6-2-4-14(10-16)11-17-12-25-19(28-17)26-18(27)8-7-13-3-1-5-15(9-13)20(22,23)24/h1-10,12H,11H2,(H,25,26,27)/b8-7+. The molecule has 0 saturated carbocycles. The van der Waals surface area contributed by atoms with Gasteiger partial charge >= 0.3 is 6.18 Å². The second-order valence-electron chi connectivity index (χ2n) is 5.88. The molecule has 3 nitrogen and oxygen atoms in total. The highest BCUT2D eigenvalue weighted by Crippen LogP contribution is 2.29. The van der Waals surface area contributed by atoms with Gasteiger partial charge in [-0.15, -0.1) is 11.3 Å². The summed E-state index contributed by atoms with van der Waals surface area (Å²) < 4.78 is 38.2. The summed E-state index contributed by atoms with van der Waals surface area (Å²) in [7, 11) is 0. The third-order valence-corrected chi connectivity index (χ3v) is 4.84. The third kappa shape index (κ3) is 5.68. The van der Waals surface area contributed by atoms with Crippen LogP contribution in [-0.4, -0.2) is 10.9 Å². The van der Waals surface area contributed by atoms with Gasteiger partial charge in [0.1, 0.15) is 0 Å². The molecule has 0 saturated heterocycles. The van der Waals surface area contributed by atoms with E-state index < -0.39 is 17.6 Å². The molecule has 0 bridgehead atoms. The Labute approximate surface area is 168 Å². The number of carbonyl (C=O) groups excluding carboxylic acids is 1. The highest BCUT2D eigenvalue weighted by molar-refractivity contribution is 7.15. The van der Waals surface area contributed by atoms with Crippen LogP contribution in [0.2, 0.25) is 5.02 Å². The molecule has 0 aliphatic rings. The predicted octanol–water partition coefficient (Wildman–Crippen LogP) is 6.06. The quantitative estimate of drug-likeness (QED) is 0.508. The van der Waals surface area contributed by atoms with Crippen LogP contribution in [0.3, 0.4) is 0 Å². The second kappa shape index (κ2) is 8.58. The number of amides is 1. The number of thiazole rings is 1. The zero-order valence-corrected chi connectivity index (χ0v) is 15.9. The van der Waals surface area contributed by atoms with Crippen LogP contribution >= 0.6 is 22.9 Å². The molecule has 3 rings (SSSR count). The largest absolute Gasteiger partial charge is 0.416 e. The highest BCUT2D eigenvalue weighted by atomic mass is 35.5. The van der Waals surface area contributed by atoms with E-state index in [1.807, 2.05) is 18.2 Å². The predicted molar refractivity (Wildman–Crippen MR) is 105 cm³/mol.